The zero-order valence-electron chi connectivity index (χ0n) is 45.6. The zero-order valence-corrected chi connectivity index (χ0v) is 48.1. The maximum absolute atomic E-state index is 12.9. The van der Waals surface area contributed by atoms with Crippen molar-refractivity contribution in [2.24, 2.45) is 17.8 Å². The number of benzene rings is 3. The molecule has 0 saturated heterocycles. The fourth-order valence-corrected chi connectivity index (χ4v) is 8.73. The fourth-order valence-electron chi connectivity index (χ4n) is 7.84. The maximum atomic E-state index is 12.9. The summed E-state index contributed by atoms with van der Waals surface area (Å²) in [6.07, 6.45) is 15.7. The van der Waals surface area contributed by atoms with Crippen molar-refractivity contribution in [3.63, 3.8) is 0 Å². The van der Waals surface area contributed by atoms with Gasteiger partial charge >= 0.3 is 0 Å². The lowest BCUT2D eigenvalue weighted by Gasteiger charge is -2.23. The van der Waals surface area contributed by atoms with Crippen LogP contribution < -0.4 is 16.2 Å². The van der Waals surface area contributed by atoms with Crippen molar-refractivity contribution < 1.29 is 9.53 Å². The molecule has 0 radical (unpaired) electrons. The molecule has 7 nitrogen and oxygen atoms in total. The second-order valence-corrected chi connectivity index (χ2v) is 21.6. The van der Waals surface area contributed by atoms with Crippen LogP contribution in [0, 0.1) is 24.7 Å². The quantitative estimate of drug-likeness (QED) is 0.0523. The minimum Gasteiger partial charge on any atom is -0.462 e. The topological polar surface area (TPSA) is 85.2 Å². The van der Waals surface area contributed by atoms with Gasteiger partial charge in [-0.25, -0.2) is 0 Å². The van der Waals surface area contributed by atoms with Crippen molar-refractivity contribution in [1.29, 1.82) is 0 Å². The predicted octanol–water partition coefficient (Wildman–Crippen LogP) is 16.6. The van der Waals surface area contributed by atoms with Gasteiger partial charge in [-0.3, -0.25) is 14.2 Å². The lowest BCUT2D eigenvalue weighted by Crippen LogP contribution is -2.20. The highest BCUT2D eigenvalue weighted by atomic mass is 79.9. The first-order valence-electron chi connectivity index (χ1n) is 26.0. The second-order valence-electron chi connectivity index (χ2n) is 20.3. The van der Waals surface area contributed by atoms with Gasteiger partial charge in [-0.2, -0.15) is 4.98 Å². The van der Waals surface area contributed by atoms with Crippen LogP contribution in [0.15, 0.2) is 75.5 Å². The van der Waals surface area contributed by atoms with Crippen LogP contribution in [0.5, 0.6) is 0 Å². The number of carbonyl (C=O) groups is 1. The number of aromatic nitrogens is 2. The molecule has 4 aromatic rings. The van der Waals surface area contributed by atoms with E-state index in [2.05, 4.69) is 172 Å². The number of nitrogens with zero attached hydrogens (tertiary/aromatic N) is 2. The van der Waals surface area contributed by atoms with Crippen LogP contribution in [0.25, 0.3) is 21.5 Å². The van der Waals surface area contributed by atoms with Gasteiger partial charge in [-0.05, 0) is 148 Å². The van der Waals surface area contributed by atoms with Crippen molar-refractivity contribution in [2.45, 2.75) is 198 Å². The van der Waals surface area contributed by atoms with Crippen LogP contribution in [-0.4, -0.2) is 42.3 Å². The normalized spacial score (nSPS) is 14.2. The van der Waals surface area contributed by atoms with Crippen molar-refractivity contribution >= 4 is 50.8 Å². The highest BCUT2D eigenvalue weighted by molar-refractivity contribution is 9.10. The number of fused-ring (bicyclic) bond motifs is 1. The number of ether oxygens (including phenoxy) is 1. The molecule has 2 N–H and O–H groups in total. The van der Waals surface area contributed by atoms with Crippen LogP contribution in [0.4, 0.5) is 0 Å². The number of thiol groups is 1. The molecule has 382 valence electrons. The van der Waals surface area contributed by atoms with Gasteiger partial charge in [-0.15, -0.1) is 12.6 Å². The van der Waals surface area contributed by atoms with Gasteiger partial charge in [0.2, 0.25) is 0 Å². The molecule has 3 aromatic carbocycles. The van der Waals surface area contributed by atoms with E-state index >= 15 is 0 Å². The van der Waals surface area contributed by atoms with E-state index in [1.807, 2.05) is 53.1 Å². The molecule has 0 amide bonds. The summed E-state index contributed by atoms with van der Waals surface area (Å²) in [4.78, 5) is 28.1. The van der Waals surface area contributed by atoms with E-state index in [1.165, 1.54) is 98.5 Å². The number of aryl methyl sites for hydroxylation is 1. The van der Waals surface area contributed by atoms with Crippen LogP contribution in [0.3, 0.4) is 0 Å². The molecular weight excluding hydrogens is 925 g/mol. The average molecular weight is 1020 g/mol. The van der Waals surface area contributed by atoms with Gasteiger partial charge in [0.05, 0.1) is 16.6 Å². The Hall–Kier alpha value is -3.24. The minimum atomic E-state index is -0.318. The Kier molecular flexibility index (Phi) is 31.5. The molecule has 0 spiro atoms. The Balaban J connectivity index is 0.000000531. The van der Waals surface area contributed by atoms with Crippen molar-refractivity contribution in [3.05, 3.63) is 109 Å². The summed E-state index contributed by atoms with van der Waals surface area (Å²) in [5.41, 5.74) is 8.04. The lowest BCUT2D eigenvalue weighted by atomic mass is 9.88. The number of carbonyl (C=O) groups excluding carboxylic acids is 1. The first kappa shape index (κ1) is 62.8. The van der Waals surface area contributed by atoms with E-state index in [0.717, 1.165) is 57.8 Å². The largest absolute Gasteiger partial charge is 0.462 e. The SMILES string of the molecule is CC(C)(C)OC=O.CC1CCCC1.CCC(C)C.CCCCCC(CCC)c1ccc(-n2c(C(C)CC)nc(=O)c3c(Br)cccc32)c(C)c1.CNCc1ccc(/C(S)=C(\C)C(C)CNC)cc1. The molecule has 68 heavy (non-hydrogen) atoms. The smallest absolute Gasteiger partial charge is 0.293 e. The molecule has 0 aliphatic heterocycles. The van der Waals surface area contributed by atoms with E-state index in [0.29, 0.717) is 23.7 Å². The standard InChI is InChI=1S/C28H37BrN2O.C15H24N2S.C6H12.C5H10O2.C5H12/c1-6-9-10-13-21(12-7-2)22-16-17-24(20(5)18-22)31-25-15-11-14-23(29)26(25)28(32)30-27(31)19(4)8-3;1-11(9-16-3)12(2)15(18)14-7-5-13(6-8-14)10-17-4;1-6-4-2-3-5-6;1-5(2,3)7-4-6;1-4-5(2)3/h11,14-19,21H,6-10,12-13H2,1-5H3;5-8,11,16-18H,9-10H2,1-4H3;6H,2-5H2,1H3;4H,1-3H3;5H,4H2,1-3H3/b;15-12-;;;. The van der Waals surface area contributed by atoms with Gasteiger partial charge in [0.1, 0.15) is 11.4 Å². The first-order valence-corrected chi connectivity index (χ1v) is 27.2. The first-order chi connectivity index (χ1) is 32.2. The Labute approximate surface area is 429 Å². The highest BCUT2D eigenvalue weighted by Crippen LogP contribution is 2.33. The summed E-state index contributed by atoms with van der Waals surface area (Å²) in [6, 6.07) is 21.4. The molecule has 1 aliphatic rings. The molecule has 0 bridgehead atoms. The summed E-state index contributed by atoms with van der Waals surface area (Å²) >= 11 is 8.25. The van der Waals surface area contributed by atoms with Crippen LogP contribution in [-0.2, 0) is 16.1 Å². The Bertz CT molecular complexity index is 2100. The van der Waals surface area contributed by atoms with Crippen LogP contribution in [0.2, 0.25) is 0 Å². The number of halogens is 1. The minimum absolute atomic E-state index is 0.160. The molecule has 1 aliphatic carbocycles. The third-order valence-corrected chi connectivity index (χ3v) is 14.0. The zero-order chi connectivity index (χ0) is 51.4. The number of nitrogens with one attached hydrogen (secondary N) is 2. The fraction of sp³-hybridized carbons (Fsp3) is 0.610. The molecular formula is C59H95BrN4O3S. The second kappa shape index (κ2) is 34.1. The van der Waals surface area contributed by atoms with Gasteiger partial charge in [0.25, 0.3) is 12.0 Å². The molecule has 3 unspecified atom stereocenters. The maximum Gasteiger partial charge on any atom is 0.293 e. The van der Waals surface area contributed by atoms with E-state index in [9.17, 15) is 9.59 Å². The van der Waals surface area contributed by atoms with Crippen LogP contribution >= 0.6 is 28.6 Å². The summed E-state index contributed by atoms with van der Waals surface area (Å²) in [7, 11) is 3.94. The van der Waals surface area contributed by atoms with Gasteiger partial charge in [0, 0.05) is 28.4 Å². The monoisotopic (exact) mass is 1020 g/mol. The number of hydrogen-bond donors (Lipinski definition) is 3. The summed E-state index contributed by atoms with van der Waals surface area (Å²) < 4.78 is 7.55. The molecule has 5 rings (SSSR count). The number of unbranched alkanes of at least 4 members (excludes halogenated alkanes) is 2. The Morgan fingerprint density at radius 1 is 0.912 bits per heavy atom. The number of hydrogen-bond acceptors (Lipinski definition) is 7. The van der Waals surface area contributed by atoms with Crippen molar-refractivity contribution in [1.82, 2.24) is 20.2 Å². The van der Waals surface area contributed by atoms with Crippen LogP contribution in [0.1, 0.15) is 207 Å². The molecule has 3 atom stereocenters. The van der Waals surface area contributed by atoms with Gasteiger partial charge < -0.3 is 15.4 Å². The average Bonchev–Trinajstić information content (AvgIpc) is 3.79. The molecule has 1 fully saturated rings. The number of rotatable bonds is 18. The Morgan fingerprint density at radius 2 is 1.54 bits per heavy atom. The van der Waals surface area contributed by atoms with E-state index < -0.39 is 0 Å². The third kappa shape index (κ3) is 22.7. The lowest BCUT2D eigenvalue weighted by molar-refractivity contribution is -0.138. The molecule has 1 aromatic heterocycles. The highest BCUT2D eigenvalue weighted by Gasteiger charge is 2.20. The third-order valence-electron chi connectivity index (χ3n) is 12.8. The van der Waals surface area contributed by atoms with Gasteiger partial charge in [0.15, 0.2) is 0 Å². The summed E-state index contributed by atoms with van der Waals surface area (Å²) in [5.74, 6) is 4.07. The summed E-state index contributed by atoms with van der Waals surface area (Å²) in [6.45, 7) is 32.2. The van der Waals surface area contributed by atoms with E-state index in [1.54, 1.807) is 0 Å². The van der Waals surface area contributed by atoms with E-state index in [-0.39, 0.29) is 17.1 Å². The predicted molar refractivity (Wildman–Crippen MR) is 304 cm³/mol. The Morgan fingerprint density at radius 3 is 2.00 bits per heavy atom. The van der Waals surface area contributed by atoms with Crippen molar-refractivity contribution in [3.8, 4) is 5.69 Å². The molecule has 1 saturated carbocycles. The molecule has 1 heterocycles. The van der Waals surface area contributed by atoms with Crippen molar-refractivity contribution in [2.75, 3.05) is 20.6 Å². The van der Waals surface area contributed by atoms with E-state index in [4.69, 9.17) is 0 Å². The summed E-state index contributed by atoms with van der Waals surface area (Å²) in [5, 5.41) is 7.00. The van der Waals surface area contributed by atoms with Gasteiger partial charge in [-0.1, -0.05) is 168 Å². The molecule has 9 heteroatoms.